The third kappa shape index (κ3) is 1.78. The van der Waals surface area contributed by atoms with Gasteiger partial charge >= 0.3 is 0 Å². The molecular weight excluding hydrogens is 202 g/mol. The predicted octanol–water partition coefficient (Wildman–Crippen LogP) is 3.83. The van der Waals surface area contributed by atoms with E-state index in [1.807, 2.05) is 0 Å². The topological polar surface area (TPSA) is 4.93 Å². The van der Waals surface area contributed by atoms with Crippen LogP contribution in [-0.4, -0.2) is 4.57 Å². The van der Waals surface area contributed by atoms with Crippen molar-refractivity contribution in [2.75, 3.05) is 0 Å². The van der Waals surface area contributed by atoms with Gasteiger partial charge in [-0.3, -0.25) is 0 Å². The van der Waals surface area contributed by atoms with Crippen molar-refractivity contribution in [3.05, 3.63) is 36.0 Å². The van der Waals surface area contributed by atoms with Crippen LogP contribution in [0.15, 0.2) is 30.5 Å². The average Bonchev–Trinajstić information content (AvgIpc) is 2.55. The van der Waals surface area contributed by atoms with Crippen molar-refractivity contribution in [1.29, 1.82) is 0 Å². The molecule has 0 aliphatic heterocycles. The van der Waals surface area contributed by atoms with Crippen molar-refractivity contribution < 1.29 is 0 Å². The highest BCUT2D eigenvalue weighted by Crippen LogP contribution is 2.28. The Hall–Kier alpha value is -0.890. The fourth-order valence-corrected chi connectivity index (χ4v) is 2.18. The van der Waals surface area contributed by atoms with Crippen LogP contribution in [0, 0.1) is 0 Å². The van der Waals surface area contributed by atoms with E-state index in [1.165, 1.54) is 16.5 Å². The number of rotatable bonds is 1. The number of fused-ring (bicyclic) bond motifs is 1. The first-order valence-electron chi connectivity index (χ1n) is 5.24. The van der Waals surface area contributed by atoms with Gasteiger partial charge in [0.05, 0.1) is 0 Å². The molecule has 2 rings (SSSR count). The summed E-state index contributed by atoms with van der Waals surface area (Å²) < 4.78 is 2.33. The fourth-order valence-electron chi connectivity index (χ4n) is 1.93. The molecule has 0 aliphatic carbocycles. The van der Waals surface area contributed by atoms with Gasteiger partial charge in [-0.15, -0.1) is 0 Å². The minimum Gasteiger partial charge on any atom is -0.342 e. The Bertz CT molecular complexity index is 477. The second-order valence-electron chi connectivity index (χ2n) is 4.87. The van der Waals surface area contributed by atoms with E-state index in [-0.39, 0.29) is 5.54 Å². The molecule has 0 saturated carbocycles. The number of benzene rings is 1. The molecule has 1 heterocycles. The lowest BCUT2D eigenvalue weighted by Gasteiger charge is -2.22. The SMILES string of the molecule is CC(C)(C)n1cc(CS)c2ccccc21. The summed E-state index contributed by atoms with van der Waals surface area (Å²) in [5.74, 6) is 0.795. The van der Waals surface area contributed by atoms with E-state index in [9.17, 15) is 0 Å². The lowest BCUT2D eigenvalue weighted by Crippen LogP contribution is -2.20. The number of para-hydroxylation sites is 1. The molecule has 0 bridgehead atoms. The smallest absolute Gasteiger partial charge is 0.0488 e. The van der Waals surface area contributed by atoms with Gasteiger partial charge in [0.25, 0.3) is 0 Å². The molecule has 0 amide bonds. The van der Waals surface area contributed by atoms with Crippen LogP contribution in [0.2, 0.25) is 0 Å². The largest absolute Gasteiger partial charge is 0.342 e. The maximum absolute atomic E-state index is 4.38. The molecule has 1 aromatic heterocycles. The van der Waals surface area contributed by atoms with Gasteiger partial charge in [-0.1, -0.05) is 18.2 Å². The molecule has 0 saturated heterocycles. The van der Waals surface area contributed by atoms with E-state index in [2.05, 4.69) is 68.4 Å². The van der Waals surface area contributed by atoms with Crippen LogP contribution in [0.5, 0.6) is 0 Å². The number of aromatic nitrogens is 1. The maximum atomic E-state index is 4.38. The van der Waals surface area contributed by atoms with Crippen LogP contribution in [0.1, 0.15) is 26.3 Å². The van der Waals surface area contributed by atoms with Gasteiger partial charge in [-0.05, 0) is 32.4 Å². The summed E-state index contributed by atoms with van der Waals surface area (Å²) in [6.45, 7) is 6.67. The summed E-state index contributed by atoms with van der Waals surface area (Å²) in [7, 11) is 0. The highest BCUT2D eigenvalue weighted by Gasteiger charge is 2.16. The van der Waals surface area contributed by atoms with Crippen molar-refractivity contribution in [2.24, 2.45) is 0 Å². The molecule has 0 N–H and O–H groups in total. The molecule has 0 unspecified atom stereocenters. The summed E-state index contributed by atoms with van der Waals surface area (Å²) in [5, 5.41) is 1.32. The quantitative estimate of drug-likeness (QED) is 0.696. The van der Waals surface area contributed by atoms with E-state index in [0.717, 1.165) is 5.75 Å². The van der Waals surface area contributed by atoms with Crippen molar-refractivity contribution >= 4 is 23.5 Å². The van der Waals surface area contributed by atoms with Gasteiger partial charge in [0.2, 0.25) is 0 Å². The first kappa shape index (κ1) is 10.6. The average molecular weight is 219 g/mol. The van der Waals surface area contributed by atoms with Crippen molar-refractivity contribution in [2.45, 2.75) is 32.1 Å². The zero-order valence-corrected chi connectivity index (χ0v) is 10.4. The zero-order chi connectivity index (χ0) is 11.1. The Morgan fingerprint density at radius 1 is 1.20 bits per heavy atom. The summed E-state index contributed by atoms with van der Waals surface area (Å²) in [4.78, 5) is 0. The van der Waals surface area contributed by atoms with Gasteiger partial charge < -0.3 is 4.57 Å². The number of thiol groups is 1. The van der Waals surface area contributed by atoms with E-state index < -0.39 is 0 Å². The van der Waals surface area contributed by atoms with Gasteiger partial charge in [-0.25, -0.2) is 0 Å². The number of hydrogen-bond donors (Lipinski definition) is 1. The molecule has 1 aromatic carbocycles. The maximum Gasteiger partial charge on any atom is 0.0488 e. The zero-order valence-electron chi connectivity index (χ0n) is 9.49. The first-order chi connectivity index (χ1) is 7.04. The Balaban J connectivity index is 2.76. The minimum absolute atomic E-state index is 0.126. The van der Waals surface area contributed by atoms with E-state index >= 15 is 0 Å². The van der Waals surface area contributed by atoms with Crippen LogP contribution in [0.4, 0.5) is 0 Å². The van der Waals surface area contributed by atoms with Gasteiger partial charge in [0.15, 0.2) is 0 Å². The Morgan fingerprint density at radius 2 is 1.87 bits per heavy atom. The molecule has 1 nitrogen and oxygen atoms in total. The number of nitrogens with zero attached hydrogens (tertiary/aromatic N) is 1. The van der Waals surface area contributed by atoms with Crippen LogP contribution in [0.25, 0.3) is 10.9 Å². The summed E-state index contributed by atoms with van der Waals surface area (Å²) in [5.41, 5.74) is 2.73. The molecule has 0 atom stereocenters. The molecule has 2 heteroatoms. The molecule has 0 fully saturated rings. The number of hydrogen-bond acceptors (Lipinski definition) is 1. The van der Waals surface area contributed by atoms with Crippen molar-refractivity contribution in [3.63, 3.8) is 0 Å². The standard InChI is InChI=1S/C13H17NS/c1-13(2,3)14-8-10(9-15)11-6-4-5-7-12(11)14/h4-8,15H,9H2,1-3H3. The second-order valence-corrected chi connectivity index (χ2v) is 5.19. The lowest BCUT2D eigenvalue weighted by atomic mass is 10.1. The second kappa shape index (κ2) is 3.60. The van der Waals surface area contributed by atoms with Crippen LogP contribution in [0.3, 0.4) is 0 Å². The third-order valence-electron chi connectivity index (χ3n) is 2.69. The van der Waals surface area contributed by atoms with E-state index in [1.54, 1.807) is 0 Å². The Morgan fingerprint density at radius 3 is 2.47 bits per heavy atom. The third-order valence-corrected chi connectivity index (χ3v) is 3.03. The molecule has 0 aliphatic rings. The summed E-state index contributed by atoms with van der Waals surface area (Å²) >= 11 is 4.38. The normalized spacial score (nSPS) is 12.3. The van der Waals surface area contributed by atoms with Gasteiger partial charge in [0, 0.05) is 28.4 Å². The summed E-state index contributed by atoms with van der Waals surface area (Å²) in [6, 6.07) is 8.52. The molecule has 80 valence electrons. The van der Waals surface area contributed by atoms with Crippen molar-refractivity contribution in [3.8, 4) is 0 Å². The molecular formula is C13H17NS. The van der Waals surface area contributed by atoms with E-state index in [4.69, 9.17) is 0 Å². The van der Waals surface area contributed by atoms with Crippen LogP contribution in [-0.2, 0) is 11.3 Å². The highest BCUT2D eigenvalue weighted by atomic mass is 32.1. The highest BCUT2D eigenvalue weighted by molar-refractivity contribution is 7.79. The van der Waals surface area contributed by atoms with Crippen LogP contribution < -0.4 is 0 Å². The molecule has 2 aromatic rings. The summed E-state index contributed by atoms with van der Waals surface area (Å²) in [6.07, 6.45) is 2.22. The molecule has 0 radical (unpaired) electrons. The van der Waals surface area contributed by atoms with E-state index in [0.29, 0.717) is 0 Å². The van der Waals surface area contributed by atoms with Crippen molar-refractivity contribution in [1.82, 2.24) is 4.57 Å². The Labute approximate surface area is 96.5 Å². The predicted molar refractivity (Wildman–Crippen MR) is 69.6 cm³/mol. The van der Waals surface area contributed by atoms with Gasteiger partial charge in [0.1, 0.15) is 0 Å². The lowest BCUT2D eigenvalue weighted by molar-refractivity contribution is 0.410. The first-order valence-corrected chi connectivity index (χ1v) is 5.87. The van der Waals surface area contributed by atoms with Crippen LogP contribution >= 0.6 is 12.6 Å². The minimum atomic E-state index is 0.126. The monoisotopic (exact) mass is 219 g/mol. The fraction of sp³-hybridized carbons (Fsp3) is 0.385. The Kier molecular flexibility index (Phi) is 2.55. The van der Waals surface area contributed by atoms with Gasteiger partial charge in [-0.2, -0.15) is 12.6 Å². The molecule has 15 heavy (non-hydrogen) atoms. The molecule has 0 spiro atoms.